The SMILES string of the molecule is CO[C@]1(C(=O)[O-])C[C@H](NC(=O)c2cccc3ccccc23)[C@@H](NC(C)=O)[C@H]([C@H](O)[C@H](O)CNC(=O)c2ccc(-c3ccccc3)cc2)O1.[Na+]. The van der Waals surface area contributed by atoms with Gasteiger partial charge in [-0.2, -0.15) is 0 Å². The summed E-state index contributed by atoms with van der Waals surface area (Å²) in [6.45, 7) is 0.731. The van der Waals surface area contributed by atoms with Crippen molar-refractivity contribution in [3.63, 3.8) is 0 Å². The molecule has 5 rings (SSSR count). The van der Waals surface area contributed by atoms with E-state index in [1.807, 2.05) is 48.5 Å². The number of carbonyl (C=O) groups excluding carboxylic acids is 4. The first-order chi connectivity index (χ1) is 23.0. The van der Waals surface area contributed by atoms with E-state index in [0.29, 0.717) is 10.9 Å². The molecule has 0 unspecified atom stereocenters. The number of hydrogen-bond acceptors (Lipinski definition) is 9. The van der Waals surface area contributed by atoms with Gasteiger partial charge in [0.2, 0.25) is 11.7 Å². The summed E-state index contributed by atoms with van der Waals surface area (Å²) in [5, 5.41) is 44.1. The third-order valence-electron chi connectivity index (χ3n) is 8.42. The molecule has 0 spiro atoms. The molecule has 1 fully saturated rings. The van der Waals surface area contributed by atoms with Gasteiger partial charge in [0.25, 0.3) is 11.8 Å². The topological polar surface area (TPSA) is 186 Å². The molecule has 0 radical (unpaired) electrons. The third-order valence-corrected chi connectivity index (χ3v) is 8.42. The molecule has 0 aromatic heterocycles. The zero-order chi connectivity index (χ0) is 34.4. The Bertz CT molecular complexity index is 1780. The van der Waals surface area contributed by atoms with Crippen LogP contribution in [0, 0.1) is 0 Å². The summed E-state index contributed by atoms with van der Waals surface area (Å²) < 4.78 is 11.0. The standard InChI is InChI=1S/C36H37N3O9.Na/c1-21(40)38-30-28(39-34(44)27-14-8-12-24-11-6-7-13-26(24)27)19-36(47-2,35(45)46)48-32(30)31(42)29(41)20-37-33(43)25-17-15-23(16-18-25)22-9-4-3-5-10-22;/h3-18,28-32,41-42H,19-20H2,1-2H3,(H,37,43)(H,38,40)(H,39,44)(H,45,46);/q;+1/p-1/t28-,29+,30+,31+,32+,36+;/m0./s1. The first-order valence-corrected chi connectivity index (χ1v) is 15.3. The molecule has 49 heavy (non-hydrogen) atoms. The van der Waals surface area contributed by atoms with Gasteiger partial charge in [-0.3, -0.25) is 14.4 Å². The van der Waals surface area contributed by atoms with Crippen LogP contribution in [0.3, 0.4) is 0 Å². The fraction of sp³-hybridized carbons (Fsp3) is 0.278. The number of hydrogen-bond donors (Lipinski definition) is 5. The molecule has 0 aliphatic carbocycles. The van der Waals surface area contributed by atoms with Gasteiger partial charge in [-0.15, -0.1) is 0 Å². The number of carbonyl (C=O) groups is 4. The van der Waals surface area contributed by atoms with Crippen LogP contribution in [0.2, 0.25) is 0 Å². The molecule has 13 heteroatoms. The average molecular weight is 678 g/mol. The molecule has 1 aliphatic heterocycles. The van der Waals surface area contributed by atoms with Gasteiger partial charge >= 0.3 is 29.6 Å². The largest absolute Gasteiger partial charge is 1.00 e. The summed E-state index contributed by atoms with van der Waals surface area (Å²) in [6.07, 6.45) is -5.74. The Morgan fingerprint density at radius 3 is 2.16 bits per heavy atom. The molecule has 12 nitrogen and oxygen atoms in total. The molecule has 4 aromatic carbocycles. The second-order valence-electron chi connectivity index (χ2n) is 11.6. The van der Waals surface area contributed by atoms with Crippen molar-refractivity contribution >= 4 is 34.5 Å². The molecule has 1 heterocycles. The van der Waals surface area contributed by atoms with Crippen molar-refractivity contribution in [2.45, 2.75) is 49.5 Å². The first-order valence-electron chi connectivity index (χ1n) is 15.3. The zero-order valence-electron chi connectivity index (χ0n) is 27.3. The Morgan fingerprint density at radius 1 is 0.878 bits per heavy atom. The summed E-state index contributed by atoms with van der Waals surface area (Å²) in [4.78, 5) is 51.2. The smallest absolute Gasteiger partial charge is 0.544 e. The zero-order valence-corrected chi connectivity index (χ0v) is 29.3. The van der Waals surface area contributed by atoms with Gasteiger partial charge < -0.3 is 45.5 Å². The molecule has 0 saturated carbocycles. The van der Waals surface area contributed by atoms with E-state index >= 15 is 0 Å². The Morgan fingerprint density at radius 2 is 1.51 bits per heavy atom. The average Bonchev–Trinajstić information content (AvgIpc) is 3.10. The minimum atomic E-state index is -2.47. The minimum absolute atomic E-state index is 0. The van der Waals surface area contributed by atoms with Crippen molar-refractivity contribution in [2.75, 3.05) is 13.7 Å². The Labute approximate surface area is 305 Å². The van der Waals surface area contributed by atoms with Gasteiger partial charge in [-0.1, -0.05) is 78.9 Å². The van der Waals surface area contributed by atoms with Crippen molar-refractivity contribution < 1.29 is 73.5 Å². The van der Waals surface area contributed by atoms with Gasteiger partial charge in [0.1, 0.15) is 18.2 Å². The second-order valence-corrected chi connectivity index (χ2v) is 11.6. The minimum Gasteiger partial charge on any atom is -0.544 e. The summed E-state index contributed by atoms with van der Waals surface area (Å²) in [5.74, 6) is -5.97. The number of nitrogens with one attached hydrogen (secondary N) is 3. The van der Waals surface area contributed by atoms with Crippen LogP contribution in [-0.4, -0.2) is 83.7 Å². The summed E-state index contributed by atoms with van der Waals surface area (Å²) in [7, 11) is 1.06. The first kappa shape index (κ1) is 37.7. The Balaban J connectivity index is 0.00000541. The molecule has 1 saturated heterocycles. The number of ether oxygens (including phenoxy) is 2. The number of aliphatic carboxylic acids is 1. The fourth-order valence-electron chi connectivity index (χ4n) is 5.93. The number of aliphatic hydroxyl groups excluding tert-OH is 2. The van der Waals surface area contributed by atoms with Gasteiger partial charge in [0, 0.05) is 38.1 Å². The predicted molar refractivity (Wildman–Crippen MR) is 173 cm³/mol. The van der Waals surface area contributed by atoms with Crippen molar-refractivity contribution in [3.8, 4) is 11.1 Å². The third kappa shape index (κ3) is 8.54. The predicted octanol–water partition coefficient (Wildman–Crippen LogP) is -1.85. The number of benzene rings is 4. The van der Waals surface area contributed by atoms with Crippen LogP contribution in [0.15, 0.2) is 97.1 Å². The number of aliphatic hydroxyl groups is 2. The normalized spacial score (nSPS) is 21.4. The van der Waals surface area contributed by atoms with Crippen LogP contribution in [-0.2, 0) is 19.1 Å². The number of carboxylic acids is 1. The number of carboxylic acid groups (broad SMARTS) is 1. The van der Waals surface area contributed by atoms with E-state index in [1.54, 1.807) is 48.5 Å². The van der Waals surface area contributed by atoms with Crippen LogP contribution in [0.1, 0.15) is 34.1 Å². The van der Waals surface area contributed by atoms with Crippen LogP contribution in [0.5, 0.6) is 0 Å². The van der Waals surface area contributed by atoms with E-state index in [4.69, 9.17) is 9.47 Å². The number of methoxy groups -OCH3 is 1. The Hall–Kier alpha value is -4.14. The molecular weight excluding hydrogens is 641 g/mol. The van der Waals surface area contributed by atoms with Crippen molar-refractivity contribution in [3.05, 3.63) is 108 Å². The van der Waals surface area contributed by atoms with Crippen LogP contribution < -0.4 is 50.6 Å². The molecular formula is C36H36N3NaO9. The van der Waals surface area contributed by atoms with Crippen molar-refractivity contribution in [1.82, 2.24) is 16.0 Å². The molecule has 6 atom stereocenters. The maximum Gasteiger partial charge on any atom is 1.00 e. The molecule has 3 amide bonds. The molecule has 5 N–H and O–H groups in total. The maximum atomic E-state index is 13.6. The van der Waals surface area contributed by atoms with Crippen LogP contribution in [0.4, 0.5) is 0 Å². The van der Waals surface area contributed by atoms with E-state index in [-0.39, 0.29) is 35.1 Å². The van der Waals surface area contributed by atoms with Gasteiger partial charge in [0.15, 0.2) is 0 Å². The van der Waals surface area contributed by atoms with Gasteiger partial charge in [-0.05, 0) is 40.1 Å². The summed E-state index contributed by atoms with van der Waals surface area (Å²) in [5.41, 5.74) is 2.46. The van der Waals surface area contributed by atoms with Crippen molar-refractivity contribution in [2.24, 2.45) is 0 Å². The van der Waals surface area contributed by atoms with E-state index in [2.05, 4.69) is 16.0 Å². The van der Waals surface area contributed by atoms with E-state index in [0.717, 1.165) is 23.6 Å². The quantitative estimate of drug-likeness (QED) is 0.114. The molecule has 0 bridgehead atoms. The van der Waals surface area contributed by atoms with E-state index in [1.165, 1.54) is 6.92 Å². The second kappa shape index (κ2) is 16.5. The number of rotatable bonds is 11. The maximum absolute atomic E-state index is 13.6. The summed E-state index contributed by atoms with van der Waals surface area (Å²) in [6, 6.07) is 26.3. The molecule has 1 aliphatic rings. The molecule has 4 aromatic rings. The Kier molecular flexibility index (Phi) is 12.7. The van der Waals surface area contributed by atoms with Crippen LogP contribution >= 0.6 is 0 Å². The summed E-state index contributed by atoms with van der Waals surface area (Å²) >= 11 is 0. The molecule has 250 valence electrons. The van der Waals surface area contributed by atoms with Gasteiger partial charge in [-0.25, -0.2) is 0 Å². The van der Waals surface area contributed by atoms with Gasteiger partial charge in [0.05, 0.1) is 18.2 Å². The van der Waals surface area contributed by atoms with Crippen molar-refractivity contribution in [1.29, 1.82) is 0 Å². The van der Waals surface area contributed by atoms with Crippen LogP contribution in [0.25, 0.3) is 21.9 Å². The number of fused-ring (bicyclic) bond motifs is 1. The van der Waals surface area contributed by atoms with E-state index in [9.17, 15) is 34.5 Å². The fourth-order valence-corrected chi connectivity index (χ4v) is 5.93. The monoisotopic (exact) mass is 677 g/mol. The number of amides is 3. The van der Waals surface area contributed by atoms with E-state index < -0.39 is 72.8 Å².